The second kappa shape index (κ2) is 7.36. The molecule has 0 unspecified atom stereocenters. The van der Waals surface area contributed by atoms with Gasteiger partial charge in [0.05, 0.1) is 23.3 Å². The van der Waals surface area contributed by atoms with Gasteiger partial charge in [0.1, 0.15) is 6.04 Å². The quantitative estimate of drug-likeness (QED) is 0.447. The number of carbonyl (C=O) groups excluding carboxylic acids is 3. The summed E-state index contributed by atoms with van der Waals surface area (Å²) >= 11 is 0. The number of imide groups is 1. The lowest BCUT2D eigenvalue weighted by Crippen LogP contribution is -2.74. The zero-order valence-corrected chi connectivity index (χ0v) is 15.7. The summed E-state index contributed by atoms with van der Waals surface area (Å²) in [6.07, 6.45) is 7.11. The smallest absolute Gasteiger partial charge is 0.262 e. The van der Waals surface area contributed by atoms with Crippen LogP contribution in [0.25, 0.3) is 0 Å². The molecule has 2 heterocycles. The van der Waals surface area contributed by atoms with Crippen LogP contribution in [0.15, 0.2) is 48.6 Å². The van der Waals surface area contributed by atoms with Crippen LogP contribution in [0.1, 0.15) is 52.8 Å². The molecular formula is C22H24N2O4. The maximum atomic E-state index is 12.9. The molecule has 3 amide bonds. The van der Waals surface area contributed by atoms with Crippen LogP contribution in [0.2, 0.25) is 0 Å². The first-order valence-corrected chi connectivity index (χ1v) is 9.79. The second-order valence-corrected chi connectivity index (χ2v) is 7.60. The predicted molar refractivity (Wildman–Crippen MR) is 104 cm³/mol. The average Bonchev–Trinajstić information content (AvgIpc) is 3.28. The predicted octanol–water partition coefficient (Wildman–Crippen LogP) is 2.30. The number of aliphatic hydroxyl groups is 1. The molecule has 146 valence electrons. The first-order valence-electron chi connectivity index (χ1n) is 9.79. The lowest BCUT2D eigenvalue weighted by atomic mass is 9.85. The Balaban J connectivity index is 1.61. The van der Waals surface area contributed by atoms with E-state index in [4.69, 9.17) is 0 Å². The third-order valence-electron chi connectivity index (χ3n) is 5.90. The number of nitrogens with zero attached hydrogens (tertiary/aromatic N) is 2. The third-order valence-corrected chi connectivity index (χ3v) is 5.90. The number of hydrogen-bond acceptors (Lipinski definition) is 4. The molecule has 0 bridgehead atoms. The Kier molecular flexibility index (Phi) is 4.89. The van der Waals surface area contributed by atoms with Gasteiger partial charge in [-0.3, -0.25) is 19.3 Å². The fourth-order valence-corrected chi connectivity index (χ4v) is 4.49. The summed E-state index contributed by atoms with van der Waals surface area (Å²) in [4.78, 5) is 41.2. The van der Waals surface area contributed by atoms with Gasteiger partial charge in [0.15, 0.2) is 0 Å². The maximum Gasteiger partial charge on any atom is 0.262 e. The molecule has 0 aromatic heterocycles. The molecule has 2 aliphatic heterocycles. The number of likely N-dealkylation sites (tertiary alicyclic amines) is 1. The SMILES string of the molecule is C=CCCN1C(=O)[C@H](N2C(=O)c3ccccc3C2=O)[C@@H]1[C@H](O)CC1=CCCC1. The number of aliphatic hydroxyl groups excluding tert-OH is 1. The van der Waals surface area contributed by atoms with Gasteiger partial charge >= 0.3 is 0 Å². The molecule has 6 nitrogen and oxygen atoms in total. The van der Waals surface area contributed by atoms with Crippen molar-refractivity contribution in [2.75, 3.05) is 6.54 Å². The van der Waals surface area contributed by atoms with Crippen LogP contribution < -0.4 is 0 Å². The van der Waals surface area contributed by atoms with Gasteiger partial charge in [-0.2, -0.15) is 0 Å². The van der Waals surface area contributed by atoms with E-state index in [0.29, 0.717) is 30.5 Å². The number of rotatable bonds is 7. The monoisotopic (exact) mass is 380 g/mol. The Morgan fingerprint density at radius 2 is 1.86 bits per heavy atom. The molecular weight excluding hydrogens is 356 g/mol. The Bertz CT molecular complexity index is 840. The molecule has 1 N–H and O–H groups in total. The van der Waals surface area contributed by atoms with Gasteiger partial charge in [-0.05, 0) is 44.2 Å². The zero-order valence-electron chi connectivity index (χ0n) is 15.7. The molecule has 3 aliphatic rings. The summed E-state index contributed by atoms with van der Waals surface area (Å²) < 4.78 is 0. The molecule has 0 saturated carbocycles. The highest BCUT2D eigenvalue weighted by Crippen LogP contribution is 2.36. The molecule has 1 fully saturated rings. The van der Waals surface area contributed by atoms with E-state index < -0.39 is 30.0 Å². The van der Waals surface area contributed by atoms with Gasteiger partial charge in [0.2, 0.25) is 5.91 Å². The normalized spacial score (nSPS) is 24.9. The summed E-state index contributed by atoms with van der Waals surface area (Å²) in [7, 11) is 0. The van der Waals surface area contributed by atoms with E-state index in [1.54, 1.807) is 35.2 Å². The maximum absolute atomic E-state index is 12.9. The number of benzene rings is 1. The summed E-state index contributed by atoms with van der Waals surface area (Å²) in [6.45, 7) is 4.11. The number of carbonyl (C=O) groups is 3. The van der Waals surface area contributed by atoms with Gasteiger partial charge in [0, 0.05) is 6.54 Å². The molecule has 1 aliphatic carbocycles. The van der Waals surface area contributed by atoms with Crippen molar-refractivity contribution >= 4 is 17.7 Å². The highest BCUT2D eigenvalue weighted by atomic mass is 16.3. The largest absolute Gasteiger partial charge is 0.391 e. The minimum absolute atomic E-state index is 0.291. The minimum Gasteiger partial charge on any atom is -0.391 e. The Labute approximate surface area is 164 Å². The molecule has 0 radical (unpaired) electrons. The number of allylic oxidation sites excluding steroid dienone is 1. The number of β-lactam (4-membered cyclic amide) rings is 1. The Morgan fingerprint density at radius 3 is 2.43 bits per heavy atom. The second-order valence-electron chi connectivity index (χ2n) is 7.60. The van der Waals surface area contributed by atoms with E-state index in [2.05, 4.69) is 12.7 Å². The van der Waals surface area contributed by atoms with E-state index in [1.165, 1.54) is 5.57 Å². The van der Waals surface area contributed by atoms with Crippen LogP contribution in [-0.2, 0) is 4.79 Å². The minimum atomic E-state index is -0.950. The molecule has 28 heavy (non-hydrogen) atoms. The summed E-state index contributed by atoms with van der Waals surface area (Å²) in [5.74, 6) is -1.21. The highest BCUT2D eigenvalue weighted by Gasteiger charge is 2.58. The zero-order chi connectivity index (χ0) is 19.8. The van der Waals surface area contributed by atoms with Crippen molar-refractivity contribution in [3.8, 4) is 0 Å². The highest BCUT2D eigenvalue weighted by molar-refractivity contribution is 6.23. The van der Waals surface area contributed by atoms with Crippen molar-refractivity contribution in [1.82, 2.24) is 9.80 Å². The van der Waals surface area contributed by atoms with E-state index >= 15 is 0 Å². The fourth-order valence-electron chi connectivity index (χ4n) is 4.49. The summed E-state index contributed by atoms with van der Waals surface area (Å²) in [6, 6.07) is 5.06. The standard InChI is InChI=1S/C22H24N2O4/c1-2-3-12-23-18(17(25)13-14-8-4-5-9-14)19(22(23)28)24-20(26)15-10-6-7-11-16(15)21(24)27/h2,6-8,10-11,17-19,25H,1,3-5,9,12-13H2/t17-,18+,19-/m1/s1. The number of hydrogen-bond donors (Lipinski definition) is 1. The first-order chi connectivity index (χ1) is 13.5. The Hall–Kier alpha value is -2.73. The number of fused-ring (bicyclic) bond motifs is 1. The van der Waals surface area contributed by atoms with Crippen molar-refractivity contribution in [3.05, 3.63) is 59.7 Å². The van der Waals surface area contributed by atoms with E-state index in [0.717, 1.165) is 24.2 Å². The molecule has 3 atom stereocenters. The van der Waals surface area contributed by atoms with Crippen molar-refractivity contribution in [2.45, 2.75) is 50.3 Å². The van der Waals surface area contributed by atoms with Crippen molar-refractivity contribution in [1.29, 1.82) is 0 Å². The van der Waals surface area contributed by atoms with E-state index in [-0.39, 0.29) is 5.91 Å². The van der Waals surface area contributed by atoms with E-state index in [9.17, 15) is 19.5 Å². The van der Waals surface area contributed by atoms with Crippen LogP contribution in [0.4, 0.5) is 0 Å². The fraction of sp³-hybridized carbons (Fsp3) is 0.409. The van der Waals surface area contributed by atoms with Crippen molar-refractivity contribution in [3.63, 3.8) is 0 Å². The van der Waals surface area contributed by atoms with Gasteiger partial charge in [0.25, 0.3) is 11.8 Å². The summed E-state index contributed by atoms with van der Waals surface area (Å²) in [5, 5.41) is 10.9. The van der Waals surface area contributed by atoms with Crippen LogP contribution in [0.3, 0.4) is 0 Å². The van der Waals surface area contributed by atoms with Gasteiger partial charge in [-0.25, -0.2) is 0 Å². The molecule has 1 aromatic rings. The van der Waals surface area contributed by atoms with Crippen LogP contribution in [0, 0.1) is 0 Å². The molecule has 0 spiro atoms. The van der Waals surface area contributed by atoms with Crippen molar-refractivity contribution < 1.29 is 19.5 Å². The van der Waals surface area contributed by atoms with Gasteiger partial charge in [-0.15, -0.1) is 6.58 Å². The molecule has 1 aromatic carbocycles. The topological polar surface area (TPSA) is 77.9 Å². The lowest BCUT2D eigenvalue weighted by molar-refractivity contribution is -0.163. The van der Waals surface area contributed by atoms with Gasteiger partial charge in [-0.1, -0.05) is 29.9 Å². The third kappa shape index (κ3) is 2.88. The molecule has 1 saturated heterocycles. The Morgan fingerprint density at radius 1 is 1.18 bits per heavy atom. The van der Waals surface area contributed by atoms with Crippen LogP contribution in [-0.4, -0.2) is 57.4 Å². The molecule has 6 heteroatoms. The number of amides is 3. The first kappa shape index (κ1) is 18.6. The van der Waals surface area contributed by atoms with Crippen molar-refractivity contribution in [2.24, 2.45) is 0 Å². The van der Waals surface area contributed by atoms with Gasteiger partial charge < -0.3 is 10.0 Å². The van der Waals surface area contributed by atoms with Crippen LogP contribution in [0.5, 0.6) is 0 Å². The van der Waals surface area contributed by atoms with Crippen LogP contribution >= 0.6 is 0 Å². The summed E-state index contributed by atoms with van der Waals surface area (Å²) in [5.41, 5.74) is 1.81. The average molecular weight is 380 g/mol. The molecule has 4 rings (SSSR count). The lowest BCUT2D eigenvalue weighted by Gasteiger charge is -2.51. The van der Waals surface area contributed by atoms with E-state index in [1.807, 2.05) is 0 Å².